The zero-order valence-corrected chi connectivity index (χ0v) is 12.1. The Kier molecular flexibility index (Phi) is 5.30. The second-order valence-electron chi connectivity index (χ2n) is 4.87. The van der Waals surface area contributed by atoms with Crippen LogP contribution in [0.5, 0.6) is 0 Å². The van der Waals surface area contributed by atoms with Crippen LogP contribution in [-0.2, 0) is 13.0 Å². The lowest BCUT2D eigenvalue weighted by Gasteiger charge is -2.20. The van der Waals surface area contributed by atoms with Gasteiger partial charge < -0.3 is 5.32 Å². The van der Waals surface area contributed by atoms with Crippen molar-refractivity contribution in [2.24, 2.45) is 0 Å². The Morgan fingerprint density at radius 2 is 2.05 bits per heavy atom. The number of hydrogen-bond donors (Lipinski definition) is 1. The van der Waals surface area contributed by atoms with E-state index in [1.54, 1.807) is 12.3 Å². The van der Waals surface area contributed by atoms with Gasteiger partial charge in [-0.05, 0) is 44.0 Å². The van der Waals surface area contributed by atoms with Crippen LogP contribution in [0.4, 0.5) is 4.39 Å². The average Bonchev–Trinajstić information content (AvgIpc) is 2.93. The topological polar surface area (TPSA) is 29.9 Å². The van der Waals surface area contributed by atoms with Crippen molar-refractivity contribution in [2.45, 2.75) is 39.3 Å². The Hall–Kier alpha value is -1.68. The fourth-order valence-corrected chi connectivity index (χ4v) is 2.39. The molecule has 4 heteroatoms. The molecule has 0 amide bonds. The van der Waals surface area contributed by atoms with E-state index in [4.69, 9.17) is 0 Å². The van der Waals surface area contributed by atoms with Crippen LogP contribution in [0, 0.1) is 5.82 Å². The second-order valence-corrected chi connectivity index (χ2v) is 4.87. The molecule has 108 valence electrons. The molecule has 0 radical (unpaired) electrons. The molecule has 0 spiro atoms. The number of halogens is 1. The number of rotatable bonds is 7. The van der Waals surface area contributed by atoms with Crippen molar-refractivity contribution >= 4 is 0 Å². The van der Waals surface area contributed by atoms with E-state index in [1.165, 1.54) is 6.07 Å². The van der Waals surface area contributed by atoms with Crippen molar-refractivity contribution in [1.29, 1.82) is 0 Å². The van der Waals surface area contributed by atoms with Crippen LogP contribution in [0.1, 0.15) is 37.6 Å². The Morgan fingerprint density at radius 1 is 1.25 bits per heavy atom. The first-order valence-electron chi connectivity index (χ1n) is 7.24. The first-order chi connectivity index (χ1) is 9.76. The van der Waals surface area contributed by atoms with Gasteiger partial charge >= 0.3 is 0 Å². The van der Waals surface area contributed by atoms with E-state index >= 15 is 0 Å². The molecule has 0 bridgehead atoms. The Bertz CT molecular complexity index is 536. The van der Waals surface area contributed by atoms with E-state index in [1.807, 2.05) is 22.9 Å². The molecule has 3 nitrogen and oxygen atoms in total. The third kappa shape index (κ3) is 3.45. The Morgan fingerprint density at radius 3 is 2.75 bits per heavy atom. The summed E-state index contributed by atoms with van der Waals surface area (Å²) in [6.45, 7) is 5.93. The summed E-state index contributed by atoms with van der Waals surface area (Å²) in [6.07, 6.45) is 3.49. The maximum atomic E-state index is 13.8. The molecule has 1 aromatic heterocycles. The smallest absolute Gasteiger partial charge is 0.126 e. The minimum absolute atomic E-state index is 0.0919. The fraction of sp³-hybridized carbons (Fsp3) is 0.438. The number of aryl methyl sites for hydroxylation is 1. The van der Waals surface area contributed by atoms with Crippen LogP contribution in [0.15, 0.2) is 36.5 Å². The summed E-state index contributed by atoms with van der Waals surface area (Å²) < 4.78 is 15.8. The van der Waals surface area contributed by atoms with Gasteiger partial charge in [0, 0.05) is 12.7 Å². The Balaban J connectivity index is 2.22. The largest absolute Gasteiger partial charge is 0.308 e. The van der Waals surface area contributed by atoms with Crippen molar-refractivity contribution < 1.29 is 4.39 Å². The van der Waals surface area contributed by atoms with Gasteiger partial charge in [-0.2, -0.15) is 5.10 Å². The predicted octanol–water partition coefficient (Wildman–Crippen LogP) is 3.33. The molecule has 1 N–H and O–H groups in total. The molecular formula is C16H22FN3. The summed E-state index contributed by atoms with van der Waals surface area (Å²) in [5.41, 5.74) is 1.86. The third-order valence-corrected chi connectivity index (χ3v) is 3.43. The van der Waals surface area contributed by atoms with Crippen LogP contribution in [-0.4, -0.2) is 16.3 Å². The monoisotopic (exact) mass is 275 g/mol. The molecule has 1 atom stereocenters. The van der Waals surface area contributed by atoms with Gasteiger partial charge in [0.15, 0.2) is 0 Å². The zero-order chi connectivity index (χ0) is 14.4. The number of hydrogen-bond acceptors (Lipinski definition) is 2. The van der Waals surface area contributed by atoms with E-state index in [2.05, 4.69) is 24.3 Å². The Labute approximate surface area is 119 Å². The molecule has 20 heavy (non-hydrogen) atoms. The van der Waals surface area contributed by atoms with Gasteiger partial charge in [-0.15, -0.1) is 0 Å². The van der Waals surface area contributed by atoms with Crippen molar-refractivity contribution in [3.63, 3.8) is 0 Å². The summed E-state index contributed by atoms with van der Waals surface area (Å²) in [5, 5.41) is 7.81. The second kappa shape index (κ2) is 7.20. The maximum Gasteiger partial charge on any atom is 0.126 e. The molecule has 2 aromatic rings. The van der Waals surface area contributed by atoms with E-state index in [9.17, 15) is 4.39 Å². The van der Waals surface area contributed by atoms with Crippen LogP contribution in [0.25, 0.3) is 0 Å². The molecule has 1 aromatic carbocycles. The minimum atomic E-state index is -0.140. The third-order valence-electron chi connectivity index (χ3n) is 3.43. The number of benzene rings is 1. The van der Waals surface area contributed by atoms with Crippen molar-refractivity contribution in [2.75, 3.05) is 6.54 Å². The summed E-state index contributed by atoms with van der Waals surface area (Å²) in [6, 6.07) is 9.08. The van der Waals surface area contributed by atoms with E-state index in [0.717, 1.165) is 30.8 Å². The molecule has 0 saturated heterocycles. The lowest BCUT2D eigenvalue weighted by molar-refractivity contribution is 0.470. The lowest BCUT2D eigenvalue weighted by Crippen LogP contribution is -2.27. The number of nitrogens with zero attached hydrogens (tertiary/aromatic N) is 2. The van der Waals surface area contributed by atoms with Gasteiger partial charge in [-0.3, -0.25) is 4.68 Å². The highest BCUT2D eigenvalue weighted by molar-refractivity contribution is 5.21. The van der Waals surface area contributed by atoms with Crippen molar-refractivity contribution in [3.8, 4) is 0 Å². The molecule has 0 aliphatic rings. The molecule has 0 aliphatic carbocycles. The summed E-state index contributed by atoms with van der Waals surface area (Å²) in [5.74, 6) is -0.140. The van der Waals surface area contributed by atoms with E-state index in [0.29, 0.717) is 6.42 Å². The molecule has 1 heterocycles. The highest BCUT2D eigenvalue weighted by Crippen LogP contribution is 2.20. The summed E-state index contributed by atoms with van der Waals surface area (Å²) in [7, 11) is 0. The first kappa shape index (κ1) is 14.7. The van der Waals surface area contributed by atoms with Crippen LogP contribution < -0.4 is 5.32 Å². The average molecular weight is 275 g/mol. The summed E-state index contributed by atoms with van der Waals surface area (Å²) in [4.78, 5) is 0. The molecule has 0 aliphatic heterocycles. The SMILES string of the molecule is CCCNC(Cc1ccccc1F)c1ccnn1CC. The van der Waals surface area contributed by atoms with Crippen molar-refractivity contribution in [1.82, 2.24) is 15.1 Å². The molecule has 2 rings (SSSR count). The molecule has 0 saturated carbocycles. The molecule has 1 unspecified atom stereocenters. The van der Waals surface area contributed by atoms with E-state index in [-0.39, 0.29) is 11.9 Å². The maximum absolute atomic E-state index is 13.8. The number of aromatic nitrogens is 2. The number of nitrogens with one attached hydrogen (secondary N) is 1. The van der Waals surface area contributed by atoms with Crippen LogP contribution in [0.2, 0.25) is 0 Å². The highest BCUT2D eigenvalue weighted by Gasteiger charge is 2.17. The lowest BCUT2D eigenvalue weighted by atomic mass is 10.0. The predicted molar refractivity (Wildman–Crippen MR) is 79.0 cm³/mol. The van der Waals surface area contributed by atoms with E-state index < -0.39 is 0 Å². The quantitative estimate of drug-likeness (QED) is 0.840. The fourth-order valence-electron chi connectivity index (χ4n) is 2.39. The molecule has 0 fully saturated rings. The van der Waals surface area contributed by atoms with Crippen LogP contribution >= 0.6 is 0 Å². The van der Waals surface area contributed by atoms with Crippen LogP contribution in [0.3, 0.4) is 0 Å². The highest BCUT2D eigenvalue weighted by atomic mass is 19.1. The zero-order valence-electron chi connectivity index (χ0n) is 12.1. The standard InChI is InChI=1S/C16H22FN3/c1-3-10-18-15(16-9-11-19-20(16)4-2)12-13-7-5-6-8-14(13)17/h5-9,11,15,18H,3-4,10,12H2,1-2H3. The van der Waals surface area contributed by atoms with Gasteiger partial charge in [-0.1, -0.05) is 25.1 Å². The van der Waals surface area contributed by atoms with Gasteiger partial charge in [0.2, 0.25) is 0 Å². The molecular weight excluding hydrogens is 253 g/mol. The minimum Gasteiger partial charge on any atom is -0.308 e. The van der Waals surface area contributed by atoms with Gasteiger partial charge in [0.1, 0.15) is 5.82 Å². The van der Waals surface area contributed by atoms with Crippen molar-refractivity contribution in [3.05, 3.63) is 53.6 Å². The first-order valence-corrected chi connectivity index (χ1v) is 7.24. The van der Waals surface area contributed by atoms with Gasteiger partial charge in [0.25, 0.3) is 0 Å². The van der Waals surface area contributed by atoms with Gasteiger partial charge in [0.05, 0.1) is 11.7 Å². The normalized spacial score (nSPS) is 12.6. The summed E-state index contributed by atoms with van der Waals surface area (Å²) >= 11 is 0. The van der Waals surface area contributed by atoms with Gasteiger partial charge in [-0.25, -0.2) is 4.39 Å².